The van der Waals surface area contributed by atoms with E-state index in [0.717, 1.165) is 84.3 Å². The van der Waals surface area contributed by atoms with E-state index in [-0.39, 0.29) is 7.33 Å². The zero-order chi connectivity index (χ0) is 24.8. The largest absolute Gasteiger partial charge is 0.496 e. The fraction of sp³-hybridized carbons (Fsp3) is 0.379. The molecule has 186 valence electrons. The SMILES string of the molecule is CC.COc1cc(N2CCOCC2)ccc1CC1=NC=C2C(=CC1)Cc1ccccc1C(=O)N2C.[HH]. The Bertz CT molecular complexity index is 1170. The number of ether oxygens (including phenoxy) is 2. The number of nitrogens with zero attached hydrogens (tertiary/aromatic N) is 3. The first-order valence-electron chi connectivity index (χ1n) is 12.4. The van der Waals surface area contributed by atoms with Crippen LogP contribution in [0, 0.1) is 0 Å². The molecule has 2 aromatic carbocycles. The molecule has 3 aliphatic rings. The van der Waals surface area contributed by atoms with Crippen LogP contribution in [0.15, 0.2) is 71.0 Å². The van der Waals surface area contributed by atoms with Crippen molar-refractivity contribution in [3.63, 3.8) is 0 Å². The van der Waals surface area contributed by atoms with Gasteiger partial charge in [0.1, 0.15) is 5.75 Å². The van der Waals surface area contributed by atoms with Crippen molar-refractivity contribution in [3.8, 4) is 5.75 Å². The molecule has 0 saturated carbocycles. The highest BCUT2D eigenvalue weighted by Gasteiger charge is 2.26. The molecule has 35 heavy (non-hydrogen) atoms. The van der Waals surface area contributed by atoms with Crippen LogP contribution >= 0.6 is 0 Å². The van der Waals surface area contributed by atoms with Gasteiger partial charge in [0.15, 0.2) is 0 Å². The lowest BCUT2D eigenvalue weighted by atomic mass is 9.98. The van der Waals surface area contributed by atoms with Crippen LogP contribution in [-0.4, -0.2) is 57.0 Å². The molecule has 5 rings (SSSR count). The number of rotatable bonds is 4. The first-order chi connectivity index (χ1) is 17.1. The molecular weight excluding hydrogens is 438 g/mol. The van der Waals surface area contributed by atoms with E-state index < -0.39 is 0 Å². The lowest BCUT2D eigenvalue weighted by Crippen LogP contribution is -2.36. The van der Waals surface area contributed by atoms with E-state index in [1.165, 1.54) is 0 Å². The highest BCUT2D eigenvalue weighted by molar-refractivity contribution is 5.98. The molecule has 1 fully saturated rings. The summed E-state index contributed by atoms with van der Waals surface area (Å²) < 4.78 is 11.2. The average Bonchev–Trinajstić information content (AvgIpc) is 3.17. The van der Waals surface area contributed by atoms with E-state index in [9.17, 15) is 4.79 Å². The van der Waals surface area contributed by atoms with Gasteiger partial charge in [0.05, 0.1) is 32.2 Å². The third-order valence-corrected chi connectivity index (χ3v) is 6.62. The summed E-state index contributed by atoms with van der Waals surface area (Å²) in [6.07, 6.45) is 6.26. The average molecular weight is 476 g/mol. The van der Waals surface area contributed by atoms with Crippen LogP contribution in [0.1, 0.15) is 43.2 Å². The maximum absolute atomic E-state index is 13.0. The van der Waals surface area contributed by atoms with Crippen molar-refractivity contribution in [1.82, 2.24) is 4.90 Å². The number of methoxy groups -OCH3 is 1. The first kappa shape index (κ1) is 24.7. The Balaban J connectivity index is 0.00000117. The minimum absolute atomic E-state index is 0. The predicted octanol–water partition coefficient (Wildman–Crippen LogP) is 5.29. The first-order valence-corrected chi connectivity index (χ1v) is 12.4. The molecule has 0 aromatic heterocycles. The number of fused-ring (bicyclic) bond motifs is 2. The summed E-state index contributed by atoms with van der Waals surface area (Å²) in [7, 11) is 3.55. The molecule has 0 atom stereocenters. The Morgan fingerprint density at radius 2 is 1.89 bits per heavy atom. The lowest BCUT2D eigenvalue weighted by molar-refractivity contribution is 0.0840. The summed E-state index contributed by atoms with van der Waals surface area (Å²) in [5.74, 6) is 0.890. The third kappa shape index (κ3) is 5.33. The van der Waals surface area contributed by atoms with Crippen LogP contribution in [0.3, 0.4) is 0 Å². The molecule has 0 aliphatic carbocycles. The van der Waals surface area contributed by atoms with Gasteiger partial charge in [-0.05, 0) is 28.8 Å². The minimum Gasteiger partial charge on any atom is -0.496 e. The smallest absolute Gasteiger partial charge is 0.258 e. The monoisotopic (exact) mass is 475 g/mol. The molecule has 0 spiro atoms. The molecule has 6 heteroatoms. The van der Waals surface area contributed by atoms with Crippen LogP contribution in [0.5, 0.6) is 5.75 Å². The number of hydrogen-bond acceptors (Lipinski definition) is 5. The normalized spacial score (nSPS) is 17.5. The second kappa shape index (κ2) is 11.4. The number of anilines is 1. The van der Waals surface area contributed by atoms with Crippen LogP contribution < -0.4 is 9.64 Å². The fourth-order valence-electron chi connectivity index (χ4n) is 4.71. The van der Waals surface area contributed by atoms with Crippen molar-refractivity contribution in [2.75, 3.05) is 45.4 Å². The second-order valence-corrected chi connectivity index (χ2v) is 8.61. The van der Waals surface area contributed by atoms with E-state index in [4.69, 9.17) is 14.5 Å². The van der Waals surface area contributed by atoms with Gasteiger partial charge in [0.25, 0.3) is 5.91 Å². The van der Waals surface area contributed by atoms with E-state index >= 15 is 0 Å². The second-order valence-electron chi connectivity index (χ2n) is 8.61. The molecule has 1 saturated heterocycles. The molecule has 0 bridgehead atoms. The van der Waals surface area contributed by atoms with Crippen LogP contribution in [-0.2, 0) is 17.6 Å². The van der Waals surface area contributed by atoms with Crippen molar-refractivity contribution < 1.29 is 15.7 Å². The number of carbonyl (C=O) groups excluding carboxylic acids is 1. The van der Waals surface area contributed by atoms with Gasteiger partial charge < -0.3 is 19.3 Å². The molecule has 1 amide bonds. The van der Waals surface area contributed by atoms with Crippen LogP contribution in [0.25, 0.3) is 0 Å². The van der Waals surface area contributed by atoms with E-state index in [0.29, 0.717) is 6.42 Å². The predicted molar refractivity (Wildman–Crippen MR) is 144 cm³/mol. The van der Waals surface area contributed by atoms with Gasteiger partial charge in [-0.25, -0.2) is 0 Å². The van der Waals surface area contributed by atoms with Gasteiger partial charge in [0, 0.05) is 63.9 Å². The van der Waals surface area contributed by atoms with Gasteiger partial charge in [-0.15, -0.1) is 0 Å². The Labute approximate surface area is 210 Å². The molecule has 0 unspecified atom stereocenters. The van der Waals surface area contributed by atoms with E-state index in [1.807, 2.05) is 51.4 Å². The number of morpholine rings is 1. The number of hydrogen-bond donors (Lipinski definition) is 0. The topological polar surface area (TPSA) is 54.4 Å². The molecule has 0 radical (unpaired) electrons. The number of allylic oxidation sites excluding steroid dienone is 2. The summed E-state index contributed by atoms with van der Waals surface area (Å²) >= 11 is 0. The van der Waals surface area contributed by atoms with Gasteiger partial charge in [-0.1, -0.05) is 44.2 Å². The van der Waals surface area contributed by atoms with Gasteiger partial charge in [0.2, 0.25) is 0 Å². The van der Waals surface area contributed by atoms with Crippen molar-refractivity contribution in [2.45, 2.75) is 33.1 Å². The van der Waals surface area contributed by atoms with Crippen molar-refractivity contribution in [2.24, 2.45) is 4.99 Å². The van der Waals surface area contributed by atoms with Crippen LogP contribution in [0.2, 0.25) is 0 Å². The van der Waals surface area contributed by atoms with Crippen molar-refractivity contribution >= 4 is 17.3 Å². The zero-order valence-corrected chi connectivity index (χ0v) is 21.2. The molecule has 3 aliphatic heterocycles. The molecule has 3 heterocycles. The summed E-state index contributed by atoms with van der Waals surface area (Å²) in [6, 6.07) is 14.3. The van der Waals surface area contributed by atoms with Gasteiger partial charge in [-0.3, -0.25) is 9.79 Å². The Kier molecular flexibility index (Phi) is 8.03. The number of carbonyl (C=O) groups is 1. The molecular formula is C29H37N3O3. The number of benzene rings is 2. The van der Waals surface area contributed by atoms with Crippen molar-refractivity contribution in [1.29, 1.82) is 0 Å². The number of amides is 1. The summed E-state index contributed by atoms with van der Waals surface area (Å²) in [5.41, 5.74) is 7.17. The molecule has 0 N–H and O–H groups in total. The number of aliphatic imine (C=N–C) groups is 1. The van der Waals surface area contributed by atoms with E-state index in [2.05, 4.69) is 29.2 Å². The Morgan fingerprint density at radius 1 is 1.11 bits per heavy atom. The summed E-state index contributed by atoms with van der Waals surface area (Å²) in [6.45, 7) is 7.30. The Morgan fingerprint density at radius 3 is 2.66 bits per heavy atom. The highest BCUT2D eigenvalue weighted by atomic mass is 16.5. The quantitative estimate of drug-likeness (QED) is 0.603. The van der Waals surface area contributed by atoms with Gasteiger partial charge in [-0.2, -0.15) is 0 Å². The Hall–Kier alpha value is -3.38. The van der Waals surface area contributed by atoms with Crippen LogP contribution in [0.4, 0.5) is 5.69 Å². The van der Waals surface area contributed by atoms with Crippen molar-refractivity contribution in [3.05, 3.63) is 82.7 Å². The standard InChI is InChI=1S/C27H29N3O3.C2H6.H2/c1-29-25-18-28-22(9-7-20(25)15-19-5-3-4-6-24(19)27(29)31)16-21-8-10-23(17-26(21)32-2)30-11-13-33-14-12-30;1-2;/h3-8,10,17-18H,9,11-16H2,1-2H3;1-2H3;1H. The third-order valence-electron chi connectivity index (χ3n) is 6.62. The number of likely N-dealkylation sites (N-methyl/N-ethyl adjacent to an activating group) is 1. The molecule has 2 aromatic rings. The van der Waals surface area contributed by atoms with Gasteiger partial charge >= 0.3 is 0 Å². The highest BCUT2D eigenvalue weighted by Crippen LogP contribution is 2.31. The minimum atomic E-state index is 0. The summed E-state index contributed by atoms with van der Waals surface area (Å²) in [4.78, 5) is 21.9. The van der Waals surface area contributed by atoms with E-state index in [1.54, 1.807) is 12.0 Å². The lowest BCUT2D eigenvalue weighted by Gasteiger charge is -2.29. The maximum atomic E-state index is 13.0. The zero-order valence-electron chi connectivity index (χ0n) is 21.2. The fourth-order valence-corrected chi connectivity index (χ4v) is 4.71. The summed E-state index contributed by atoms with van der Waals surface area (Å²) in [5, 5.41) is 0. The maximum Gasteiger partial charge on any atom is 0.258 e. The molecule has 6 nitrogen and oxygen atoms in total.